The summed E-state index contributed by atoms with van der Waals surface area (Å²) in [6, 6.07) is 21.8. The smallest absolute Gasteiger partial charge is 0.417 e. The summed E-state index contributed by atoms with van der Waals surface area (Å²) in [5.41, 5.74) is 12.3. The molecule has 8 heteroatoms. The summed E-state index contributed by atoms with van der Waals surface area (Å²) in [4.78, 5) is 14.5. The van der Waals surface area contributed by atoms with Crippen molar-refractivity contribution >= 4 is 34.1 Å². The lowest BCUT2D eigenvalue weighted by Gasteiger charge is -2.30. The second kappa shape index (κ2) is 11.1. The van der Waals surface area contributed by atoms with E-state index in [0.717, 1.165) is 78.2 Å². The van der Waals surface area contributed by atoms with Gasteiger partial charge in [0.05, 0.1) is 30.1 Å². The number of carbonyl (C=O) groups is 1. The topological polar surface area (TPSA) is 91.0 Å². The lowest BCUT2D eigenvalue weighted by molar-refractivity contribution is 0.0256. The summed E-state index contributed by atoms with van der Waals surface area (Å²) in [5.74, 6) is 1.33. The molecule has 6 rings (SSSR count). The molecule has 1 amide bonds. The Balaban J connectivity index is 1.23. The van der Waals surface area contributed by atoms with Crippen LogP contribution < -0.4 is 25.4 Å². The zero-order valence-electron chi connectivity index (χ0n) is 23.1. The summed E-state index contributed by atoms with van der Waals surface area (Å²) < 4.78 is 19.7. The average molecular weight is 541 g/mol. The van der Waals surface area contributed by atoms with Crippen LogP contribution in [-0.4, -0.2) is 44.1 Å². The Kier molecular flexibility index (Phi) is 7.26. The SMILES string of the molecule is CN(C)c1ccc(NC(=O)Oc2ccc(-c3c(N)c4ccc(OC5CCOCC5)cc4n3C3CCC3)cc2)cc1. The number of nitrogens with two attached hydrogens (primary N) is 1. The third-order valence-corrected chi connectivity index (χ3v) is 7.89. The zero-order valence-corrected chi connectivity index (χ0v) is 23.1. The molecule has 40 heavy (non-hydrogen) atoms. The fraction of sp³-hybridized carbons (Fsp3) is 0.344. The fourth-order valence-electron chi connectivity index (χ4n) is 5.47. The van der Waals surface area contributed by atoms with E-state index in [9.17, 15) is 4.79 Å². The van der Waals surface area contributed by atoms with E-state index in [1.165, 1.54) is 6.42 Å². The number of nitrogens with zero attached hydrogens (tertiary/aromatic N) is 2. The summed E-state index contributed by atoms with van der Waals surface area (Å²) in [5, 5.41) is 3.81. The van der Waals surface area contributed by atoms with Gasteiger partial charge >= 0.3 is 6.09 Å². The van der Waals surface area contributed by atoms with Crippen LogP contribution in [0.1, 0.15) is 38.1 Å². The maximum absolute atomic E-state index is 12.5. The van der Waals surface area contributed by atoms with Gasteiger partial charge in [-0.1, -0.05) is 0 Å². The van der Waals surface area contributed by atoms with Crippen LogP contribution in [0.4, 0.5) is 21.9 Å². The lowest BCUT2D eigenvalue weighted by Crippen LogP contribution is -2.25. The lowest BCUT2D eigenvalue weighted by atomic mass is 9.92. The molecule has 3 N–H and O–H groups in total. The van der Waals surface area contributed by atoms with Crippen molar-refractivity contribution in [2.24, 2.45) is 0 Å². The molecule has 1 aliphatic carbocycles. The molecule has 1 aromatic heterocycles. The Morgan fingerprint density at radius 2 is 1.65 bits per heavy atom. The van der Waals surface area contributed by atoms with Gasteiger partial charge in [0.2, 0.25) is 0 Å². The minimum absolute atomic E-state index is 0.178. The van der Waals surface area contributed by atoms with E-state index < -0.39 is 6.09 Å². The van der Waals surface area contributed by atoms with Crippen molar-refractivity contribution in [2.45, 2.75) is 44.2 Å². The molecule has 1 saturated carbocycles. The molecule has 2 aliphatic rings. The van der Waals surface area contributed by atoms with Crippen molar-refractivity contribution in [1.82, 2.24) is 4.57 Å². The summed E-state index contributed by atoms with van der Waals surface area (Å²) >= 11 is 0. The molecule has 3 aromatic carbocycles. The molecule has 0 bridgehead atoms. The van der Waals surface area contributed by atoms with Gasteiger partial charge in [-0.3, -0.25) is 5.32 Å². The zero-order chi connectivity index (χ0) is 27.6. The van der Waals surface area contributed by atoms with Crippen molar-refractivity contribution in [2.75, 3.05) is 43.3 Å². The van der Waals surface area contributed by atoms with Gasteiger partial charge in [-0.05, 0) is 79.9 Å². The molecule has 0 atom stereocenters. The molecule has 4 aromatic rings. The number of aromatic nitrogens is 1. The standard InChI is InChI=1S/C32H36N4O4/c1-35(2)23-10-8-22(9-11-23)34-32(37)40-25-12-6-21(7-13-25)31-30(33)28-15-14-27(39-26-16-18-38-19-17-26)20-29(28)36(31)24-4-3-5-24/h6-15,20,24,26H,3-5,16-19,33H2,1-2H3,(H,34,37). The normalized spacial score (nSPS) is 15.9. The third kappa shape index (κ3) is 5.31. The summed E-state index contributed by atoms with van der Waals surface area (Å²) in [6.07, 6.45) is 4.91. The predicted molar refractivity (Wildman–Crippen MR) is 160 cm³/mol. The number of benzene rings is 3. The van der Waals surface area contributed by atoms with Crippen LogP contribution in [0.15, 0.2) is 66.7 Å². The molecule has 0 radical (unpaired) electrons. The molecule has 1 saturated heterocycles. The number of anilines is 3. The van der Waals surface area contributed by atoms with Gasteiger partial charge in [0, 0.05) is 61.4 Å². The summed E-state index contributed by atoms with van der Waals surface area (Å²) in [6.45, 7) is 1.49. The quantitative estimate of drug-likeness (QED) is 0.266. The molecular weight excluding hydrogens is 504 g/mol. The van der Waals surface area contributed by atoms with E-state index in [0.29, 0.717) is 17.5 Å². The number of fused-ring (bicyclic) bond motifs is 1. The van der Waals surface area contributed by atoms with E-state index in [1.54, 1.807) is 0 Å². The van der Waals surface area contributed by atoms with Crippen LogP contribution in [0, 0.1) is 0 Å². The highest BCUT2D eigenvalue weighted by molar-refractivity contribution is 6.01. The number of nitrogen functional groups attached to an aromatic ring is 1. The third-order valence-electron chi connectivity index (χ3n) is 7.89. The second-order valence-corrected chi connectivity index (χ2v) is 10.8. The summed E-state index contributed by atoms with van der Waals surface area (Å²) in [7, 11) is 3.94. The van der Waals surface area contributed by atoms with Gasteiger partial charge in [0.15, 0.2) is 0 Å². The Morgan fingerprint density at radius 1 is 0.950 bits per heavy atom. The molecule has 0 unspecified atom stereocenters. The molecule has 2 heterocycles. The first-order valence-electron chi connectivity index (χ1n) is 14.0. The van der Waals surface area contributed by atoms with Crippen molar-refractivity contribution in [3.05, 3.63) is 66.7 Å². The molecule has 1 aliphatic heterocycles. The van der Waals surface area contributed by atoms with Gasteiger partial charge in [-0.15, -0.1) is 0 Å². The van der Waals surface area contributed by atoms with E-state index in [4.69, 9.17) is 19.9 Å². The minimum atomic E-state index is -0.537. The first-order valence-corrected chi connectivity index (χ1v) is 14.0. The number of rotatable bonds is 7. The first kappa shape index (κ1) is 26.1. The minimum Gasteiger partial charge on any atom is -0.490 e. The van der Waals surface area contributed by atoms with E-state index in [2.05, 4.69) is 22.0 Å². The Bertz CT molecular complexity index is 1480. The Morgan fingerprint density at radius 3 is 2.30 bits per heavy atom. The fourth-order valence-corrected chi connectivity index (χ4v) is 5.47. The van der Waals surface area contributed by atoms with Crippen molar-refractivity contribution in [3.63, 3.8) is 0 Å². The van der Waals surface area contributed by atoms with Gasteiger partial charge < -0.3 is 29.4 Å². The molecule has 2 fully saturated rings. The monoisotopic (exact) mass is 540 g/mol. The maximum Gasteiger partial charge on any atom is 0.417 e. The Hall–Kier alpha value is -4.17. The highest BCUT2D eigenvalue weighted by Gasteiger charge is 2.27. The van der Waals surface area contributed by atoms with Gasteiger partial charge in [-0.2, -0.15) is 0 Å². The Labute approximate surface area is 234 Å². The number of hydrogen-bond donors (Lipinski definition) is 2. The van der Waals surface area contributed by atoms with E-state index in [1.807, 2.05) is 73.6 Å². The van der Waals surface area contributed by atoms with E-state index in [-0.39, 0.29) is 6.10 Å². The van der Waals surface area contributed by atoms with Gasteiger partial charge in [0.1, 0.15) is 17.6 Å². The van der Waals surface area contributed by atoms with Crippen LogP contribution in [0.5, 0.6) is 11.5 Å². The molecule has 8 nitrogen and oxygen atoms in total. The maximum atomic E-state index is 12.5. The number of nitrogens with one attached hydrogen (secondary N) is 1. The predicted octanol–water partition coefficient (Wildman–Crippen LogP) is 6.85. The molecular formula is C32H36N4O4. The van der Waals surface area contributed by atoms with Crippen LogP contribution in [0.25, 0.3) is 22.2 Å². The van der Waals surface area contributed by atoms with E-state index >= 15 is 0 Å². The van der Waals surface area contributed by atoms with Crippen LogP contribution in [-0.2, 0) is 4.74 Å². The number of ether oxygens (including phenoxy) is 3. The number of carbonyl (C=O) groups excluding carboxylic acids is 1. The van der Waals surface area contributed by atoms with Crippen LogP contribution in [0.2, 0.25) is 0 Å². The van der Waals surface area contributed by atoms with Crippen LogP contribution in [0.3, 0.4) is 0 Å². The van der Waals surface area contributed by atoms with Crippen molar-refractivity contribution < 1.29 is 19.0 Å². The number of hydrogen-bond acceptors (Lipinski definition) is 6. The second-order valence-electron chi connectivity index (χ2n) is 10.8. The first-order chi connectivity index (χ1) is 19.5. The number of amides is 1. The highest BCUT2D eigenvalue weighted by Crippen LogP contribution is 2.45. The average Bonchev–Trinajstić information content (AvgIpc) is 3.20. The van der Waals surface area contributed by atoms with Gasteiger partial charge in [-0.25, -0.2) is 4.79 Å². The van der Waals surface area contributed by atoms with Crippen LogP contribution >= 0.6 is 0 Å². The van der Waals surface area contributed by atoms with Gasteiger partial charge in [0.25, 0.3) is 0 Å². The molecule has 208 valence electrons. The van der Waals surface area contributed by atoms with Crippen molar-refractivity contribution in [1.29, 1.82) is 0 Å². The highest BCUT2D eigenvalue weighted by atomic mass is 16.6. The molecule has 0 spiro atoms. The largest absolute Gasteiger partial charge is 0.490 e. The van der Waals surface area contributed by atoms with Crippen molar-refractivity contribution in [3.8, 4) is 22.8 Å².